The van der Waals surface area contributed by atoms with Crippen molar-refractivity contribution in [2.45, 2.75) is 19.4 Å². The highest BCUT2D eigenvalue weighted by Crippen LogP contribution is 2.21. The molecule has 1 fully saturated rings. The normalized spacial score (nSPS) is 18.0. The van der Waals surface area contributed by atoms with E-state index in [2.05, 4.69) is 26.5 Å². The number of phenolic OH excluding ortho intramolecular Hbond substituents is 1. The highest BCUT2D eigenvalue weighted by Gasteiger charge is 2.25. The first-order chi connectivity index (χ1) is 12.0. The number of phenols is 1. The number of nitrogens with one attached hydrogen (secondary N) is 1. The fourth-order valence-electron chi connectivity index (χ4n) is 3.28. The average Bonchev–Trinajstić information content (AvgIpc) is 3.21. The van der Waals surface area contributed by atoms with Gasteiger partial charge in [0.05, 0.1) is 6.20 Å². The molecule has 2 aromatic rings. The molecular weight excluding hydrogens is 321 g/mol. The van der Waals surface area contributed by atoms with Gasteiger partial charge in [0.25, 0.3) is 0 Å². The number of benzene rings is 1. The fraction of sp³-hybridized carbons (Fsp3) is 0.444. The van der Waals surface area contributed by atoms with Gasteiger partial charge in [-0.05, 0) is 42.0 Å². The minimum atomic E-state index is -0.605. The van der Waals surface area contributed by atoms with E-state index in [-0.39, 0.29) is 5.75 Å². The molecule has 7 heteroatoms. The van der Waals surface area contributed by atoms with Crippen LogP contribution >= 0.6 is 0 Å². The minimum absolute atomic E-state index is 0.328. The second-order valence-corrected chi connectivity index (χ2v) is 6.51. The predicted octanol–water partition coefficient (Wildman–Crippen LogP) is 1.90. The third kappa shape index (κ3) is 4.29. The van der Waals surface area contributed by atoms with Gasteiger partial charge in [0.15, 0.2) is 17.5 Å². The molecule has 2 heterocycles. The number of aryl methyl sites for hydroxylation is 1. The van der Waals surface area contributed by atoms with Gasteiger partial charge in [0, 0.05) is 39.9 Å². The summed E-state index contributed by atoms with van der Waals surface area (Å²) in [7, 11) is 3.69. The van der Waals surface area contributed by atoms with Crippen molar-refractivity contribution in [1.29, 1.82) is 0 Å². The molecule has 1 aromatic heterocycles. The molecule has 1 aliphatic heterocycles. The van der Waals surface area contributed by atoms with Gasteiger partial charge in [-0.15, -0.1) is 0 Å². The smallest absolute Gasteiger partial charge is 0.193 e. The standard InChI is InChI=1S/C18H24FN5O/c1-20-18(21-9-13-3-4-17(25)16(19)8-13)24-6-5-14(12-24)7-15-10-22-23(2)11-15/h3-4,8,10-11,14,25H,5-7,9,12H2,1-2H3,(H,20,21). The summed E-state index contributed by atoms with van der Waals surface area (Å²) in [6, 6.07) is 4.41. The van der Waals surface area contributed by atoms with Crippen LogP contribution in [-0.4, -0.2) is 45.9 Å². The fourth-order valence-corrected chi connectivity index (χ4v) is 3.28. The van der Waals surface area contributed by atoms with E-state index in [0.29, 0.717) is 12.5 Å². The van der Waals surface area contributed by atoms with E-state index in [1.807, 2.05) is 17.9 Å². The van der Waals surface area contributed by atoms with Crippen LogP contribution in [0.1, 0.15) is 17.5 Å². The minimum Gasteiger partial charge on any atom is -0.505 e. The maximum atomic E-state index is 13.4. The van der Waals surface area contributed by atoms with Gasteiger partial charge in [-0.1, -0.05) is 6.07 Å². The van der Waals surface area contributed by atoms with Gasteiger partial charge >= 0.3 is 0 Å². The van der Waals surface area contributed by atoms with Gasteiger partial charge in [0.2, 0.25) is 0 Å². The number of hydrogen-bond donors (Lipinski definition) is 2. The lowest BCUT2D eigenvalue weighted by molar-refractivity contribution is 0.431. The lowest BCUT2D eigenvalue weighted by atomic mass is 10.0. The summed E-state index contributed by atoms with van der Waals surface area (Å²) in [6.45, 7) is 2.36. The molecule has 1 saturated heterocycles. The van der Waals surface area contributed by atoms with E-state index in [0.717, 1.165) is 37.5 Å². The molecule has 0 bridgehead atoms. The van der Waals surface area contributed by atoms with Crippen molar-refractivity contribution in [1.82, 2.24) is 20.0 Å². The van der Waals surface area contributed by atoms with Crippen LogP contribution in [0.15, 0.2) is 35.6 Å². The Bertz CT molecular complexity index is 758. The Labute approximate surface area is 147 Å². The Morgan fingerprint density at radius 2 is 2.28 bits per heavy atom. The van der Waals surface area contributed by atoms with Crippen molar-refractivity contribution in [3.63, 3.8) is 0 Å². The van der Waals surface area contributed by atoms with Crippen molar-refractivity contribution in [3.8, 4) is 5.75 Å². The number of guanidine groups is 1. The Balaban J connectivity index is 1.54. The molecule has 2 N–H and O–H groups in total. The molecule has 1 aromatic carbocycles. The van der Waals surface area contributed by atoms with Crippen molar-refractivity contribution >= 4 is 5.96 Å². The SMILES string of the molecule is CN=C(NCc1ccc(O)c(F)c1)N1CCC(Cc2cnn(C)c2)C1. The molecule has 0 spiro atoms. The summed E-state index contributed by atoms with van der Waals surface area (Å²) < 4.78 is 15.3. The molecule has 3 rings (SSSR count). The first-order valence-corrected chi connectivity index (χ1v) is 8.45. The summed E-state index contributed by atoms with van der Waals surface area (Å²) in [6.07, 6.45) is 6.12. The van der Waals surface area contributed by atoms with Crippen LogP contribution in [-0.2, 0) is 20.0 Å². The third-order valence-electron chi connectivity index (χ3n) is 4.54. The molecule has 0 aliphatic carbocycles. The van der Waals surface area contributed by atoms with Crippen LogP contribution in [0.25, 0.3) is 0 Å². The summed E-state index contributed by atoms with van der Waals surface area (Å²) in [5, 5.41) is 16.8. The lowest BCUT2D eigenvalue weighted by Gasteiger charge is -2.21. The molecule has 1 atom stereocenters. The number of rotatable bonds is 4. The summed E-state index contributed by atoms with van der Waals surface area (Å²) in [5.41, 5.74) is 2.03. The zero-order chi connectivity index (χ0) is 17.8. The second kappa shape index (κ2) is 7.55. The van der Waals surface area contributed by atoms with E-state index < -0.39 is 5.82 Å². The highest BCUT2D eigenvalue weighted by molar-refractivity contribution is 5.80. The zero-order valence-corrected chi connectivity index (χ0v) is 14.6. The van der Waals surface area contributed by atoms with Crippen LogP contribution in [0.3, 0.4) is 0 Å². The molecule has 0 amide bonds. The van der Waals surface area contributed by atoms with E-state index in [4.69, 9.17) is 0 Å². The maximum absolute atomic E-state index is 13.4. The molecule has 1 unspecified atom stereocenters. The average molecular weight is 345 g/mol. The number of aromatic hydroxyl groups is 1. The summed E-state index contributed by atoms with van der Waals surface area (Å²) in [5.74, 6) is 0.467. The van der Waals surface area contributed by atoms with Crippen LogP contribution in [0, 0.1) is 11.7 Å². The quantitative estimate of drug-likeness (QED) is 0.656. The van der Waals surface area contributed by atoms with Crippen LogP contribution < -0.4 is 5.32 Å². The number of aliphatic imine (C=N–C) groups is 1. The van der Waals surface area contributed by atoms with E-state index in [1.54, 1.807) is 13.1 Å². The Morgan fingerprint density at radius 1 is 1.44 bits per heavy atom. The van der Waals surface area contributed by atoms with E-state index in [1.165, 1.54) is 17.7 Å². The Hall–Kier alpha value is -2.57. The predicted molar refractivity (Wildman–Crippen MR) is 94.9 cm³/mol. The van der Waals surface area contributed by atoms with Gasteiger partial charge in [-0.25, -0.2) is 4.39 Å². The molecule has 1 aliphatic rings. The van der Waals surface area contributed by atoms with Gasteiger partial charge in [-0.3, -0.25) is 9.67 Å². The number of nitrogens with zero attached hydrogens (tertiary/aromatic N) is 4. The summed E-state index contributed by atoms with van der Waals surface area (Å²) >= 11 is 0. The number of hydrogen-bond acceptors (Lipinski definition) is 3. The third-order valence-corrected chi connectivity index (χ3v) is 4.54. The Kier molecular flexibility index (Phi) is 5.21. The lowest BCUT2D eigenvalue weighted by Crippen LogP contribution is -2.39. The van der Waals surface area contributed by atoms with Gasteiger partial charge in [0.1, 0.15) is 0 Å². The first kappa shape index (κ1) is 17.3. The van der Waals surface area contributed by atoms with Crippen molar-refractivity contribution in [2.24, 2.45) is 18.0 Å². The molecule has 6 nitrogen and oxygen atoms in total. The monoisotopic (exact) mass is 345 g/mol. The van der Waals surface area contributed by atoms with Crippen molar-refractivity contribution in [2.75, 3.05) is 20.1 Å². The summed E-state index contributed by atoms with van der Waals surface area (Å²) in [4.78, 5) is 6.58. The topological polar surface area (TPSA) is 65.7 Å². The van der Waals surface area contributed by atoms with Crippen LogP contribution in [0.2, 0.25) is 0 Å². The van der Waals surface area contributed by atoms with Crippen LogP contribution in [0.4, 0.5) is 4.39 Å². The molecule has 25 heavy (non-hydrogen) atoms. The molecular formula is C18H24FN5O. The van der Waals surface area contributed by atoms with Gasteiger partial charge < -0.3 is 15.3 Å². The zero-order valence-electron chi connectivity index (χ0n) is 14.6. The first-order valence-electron chi connectivity index (χ1n) is 8.45. The largest absolute Gasteiger partial charge is 0.505 e. The molecule has 0 saturated carbocycles. The Morgan fingerprint density at radius 3 is 2.96 bits per heavy atom. The van der Waals surface area contributed by atoms with Crippen molar-refractivity contribution in [3.05, 3.63) is 47.5 Å². The number of halogens is 1. The van der Waals surface area contributed by atoms with E-state index >= 15 is 0 Å². The van der Waals surface area contributed by atoms with Gasteiger partial charge in [-0.2, -0.15) is 5.10 Å². The maximum Gasteiger partial charge on any atom is 0.193 e. The number of likely N-dealkylation sites (tertiary alicyclic amines) is 1. The van der Waals surface area contributed by atoms with E-state index in [9.17, 15) is 9.50 Å². The molecule has 0 radical (unpaired) electrons. The van der Waals surface area contributed by atoms with Crippen LogP contribution in [0.5, 0.6) is 5.75 Å². The highest BCUT2D eigenvalue weighted by atomic mass is 19.1. The molecule has 134 valence electrons. The second-order valence-electron chi connectivity index (χ2n) is 6.51. The van der Waals surface area contributed by atoms with Crippen molar-refractivity contribution < 1.29 is 9.50 Å². The number of aromatic nitrogens is 2.